The molecule has 1 N–H and O–H groups in total. The molecule has 162 valence electrons. The zero-order chi connectivity index (χ0) is 21.6. The van der Waals surface area contributed by atoms with Gasteiger partial charge in [0, 0.05) is 17.5 Å². The van der Waals surface area contributed by atoms with Gasteiger partial charge in [0.2, 0.25) is 5.91 Å². The van der Waals surface area contributed by atoms with Crippen molar-refractivity contribution in [3.05, 3.63) is 58.3 Å². The first kappa shape index (κ1) is 20.2. The number of aromatic nitrogens is 3. The molecule has 1 atom stereocenters. The van der Waals surface area contributed by atoms with Crippen molar-refractivity contribution in [1.29, 1.82) is 0 Å². The second kappa shape index (κ2) is 7.76. The highest BCUT2D eigenvalue weighted by atomic mass is 32.1. The molecule has 1 saturated carbocycles. The van der Waals surface area contributed by atoms with Crippen molar-refractivity contribution in [2.45, 2.75) is 31.5 Å². The summed E-state index contributed by atoms with van der Waals surface area (Å²) < 4.78 is 41.1. The van der Waals surface area contributed by atoms with E-state index in [9.17, 15) is 18.0 Å². The Morgan fingerprint density at radius 3 is 2.81 bits per heavy atom. The van der Waals surface area contributed by atoms with Gasteiger partial charge in [-0.3, -0.25) is 9.69 Å². The lowest BCUT2D eigenvalue weighted by Crippen LogP contribution is -2.41. The number of thiophene rings is 1. The van der Waals surface area contributed by atoms with E-state index >= 15 is 0 Å². The number of anilines is 1. The molecule has 6 nitrogen and oxygen atoms in total. The molecule has 1 aliphatic carbocycles. The monoisotopic (exact) mass is 447 g/mol. The molecule has 1 aromatic carbocycles. The van der Waals surface area contributed by atoms with Gasteiger partial charge in [-0.15, -0.1) is 11.3 Å². The zero-order valence-corrected chi connectivity index (χ0v) is 17.3. The second-order valence-corrected chi connectivity index (χ2v) is 8.92. The molecule has 31 heavy (non-hydrogen) atoms. The topological polar surface area (TPSA) is 63.1 Å². The molecule has 0 bridgehead atoms. The maximum Gasteiger partial charge on any atom is 0.416 e. The summed E-state index contributed by atoms with van der Waals surface area (Å²) in [5, 5.41) is 8.77. The highest BCUT2D eigenvalue weighted by Crippen LogP contribution is 2.48. The van der Waals surface area contributed by atoms with Gasteiger partial charge >= 0.3 is 6.18 Å². The lowest BCUT2D eigenvalue weighted by molar-refractivity contribution is -0.137. The minimum Gasteiger partial charge on any atom is -0.323 e. The summed E-state index contributed by atoms with van der Waals surface area (Å²) in [6, 6.07) is 5.55. The van der Waals surface area contributed by atoms with E-state index in [0.717, 1.165) is 37.9 Å². The van der Waals surface area contributed by atoms with Gasteiger partial charge in [-0.25, -0.2) is 9.67 Å². The summed E-state index contributed by atoms with van der Waals surface area (Å²) in [5.41, 5.74) is 0.857. The van der Waals surface area contributed by atoms with Crippen LogP contribution in [0.1, 0.15) is 34.9 Å². The average molecular weight is 447 g/mol. The number of hydrogen-bond acceptors (Lipinski definition) is 5. The van der Waals surface area contributed by atoms with Gasteiger partial charge < -0.3 is 5.32 Å². The minimum absolute atomic E-state index is 0.0570. The fraction of sp³-hybridized carbons (Fsp3) is 0.381. The van der Waals surface area contributed by atoms with Crippen molar-refractivity contribution in [1.82, 2.24) is 19.7 Å². The number of halogens is 3. The third kappa shape index (κ3) is 4.09. The van der Waals surface area contributed by atoms with E-state index in [1.165, 1.54) is 33.8 Å². The number of benzene rings is 1. The van der Waals surface area contributed by atoms with E-state index in [0.29, 0.717) is 11.6 Å². The molecule has 1 fully saturated rings. The van der Waals surface area contributed by atoms with Crippen LogP contribution in [-0.4, -0.2) is 38.7 Å². The number of fused-ring (bicyclic) bond motifs is 1. The fourth-order valence-corrected chi connectivity index (χ4v) is 5.17. The van der Waals surface area contributed by atoms with Crippen LogP contribution in [0.5, 0.6) is 0 Å². The zero-order valence-electron chi connectivity index (χ0n) is 16.5. The smallest absolute Gasteiger partial charge is 0.323 e. The maximum absolute atomic E-state index is 13.3. The predicted molar refractivity (Wildman–Crippen MR) is 110 cm³/mol. The van der Waals surface area contributed by atoms with Crippen LogP contribution in [0, 0.1) is 5.92 Å². The third-order valence-corrected chi connectivity index (χ3v) is 6.79. The van der Waals surface area contributed by atoms with Crippen LogP contribution in [-0.2, 0) is 17.4 Å². The Hall–Kier alpha value is -2.72. The van der Waals surface area contributed by atoms with Crippen LogP contribution in [0.4, 0.5) is 18.9 Å². The largest absolute Gasteiger partial charge is 0.416 e. The van der Waals surface area contributed by atoms with E-state index in [-0.39, 0.29) is 24.2 Å². The first-order valence-electron chi connectivity index (χ1n) is 10.1. The van der Waals surface area contributed by atoms with Crippen molar-refractivity contribution >= 4 is 22.9 Å². The molecule has 1 aliphatic heterocycles. The molecule has 1 amide bonds. The molecule has 2 aromatic heterocycles. The molecular weight excluding hydrogens is 427 g/mol. The summed E-state index contributed by atoms with van der Waals surface area (Å²) in [7, 11) is 0. The Bertz CT molecular complexity index is 1090. The molecule has 0 unspecified atom stereocenters. The molecule has 0 spiro atoms. The van der Waals surface area contributed by atoms with Gasteiger partial charge in [-0.05, 0) is 60.4 Å². The maximum atomic E-state index is 13.3. The number of carbonyl (C=O) groups excluding carboxylic acids is 1. The molecule has 0 saturated heterocycles. The fourth-order valence-electron chi connectivity index (χ4n) is 4.26. The molecule has 3 aromatic rings. The predicted octanol–water partition coefficient (Wildman–Crippen LogP) is 4.30. The Morgan fingerprint density at radius 1 is 1.26 bits per heavy atom. The van der Waals surface area contributed by atoms with Crippen molar-refractivity contribution in [2.24, 2.45) is 5.92 Å². The number of hydrogen-bond donors (Lipinski definition) is 1. The molecule has 2 aliphatic rings. The molecule has 0 radical (unpaired) electrons. The lowest BCUT2D eigenvalue weighted by Gasteiger charge is -2.35. The van der Waals surface area contributed by atoms with Crippen LogP contribution >= 0.6 is 11.3 Å². The average Bonchev–Trinajstić information content (AvgIpc) is 3.21. The van der Waals surface area contributed by atoms with E-state index in [2.05, 4.69) is 31.7 Å². The number of rotatable bonds is 5. The Morgan fingerprint density at radius 2 is 2.10 bits per heavy atom. The van der Waals surface area contributed by atoms with Gasteiger partial charge in [-0.1, -0.05) is 0 Å². The van der Waals surface area contributed by atoms with E-state index in [1.807, 2.05) is 0 Å². The summed E-state index contributed by atoms with van der Waals surface area (Å²) >= 11 is 1.75. The van der Waals surface area contributed by atoms with Crippen LogP contribution in [0.25, 0.3) is 5.69 Å². The van der Waals surface area contributed by atoms with Crippen molar-refractivity contribution in [3.63, 3.8) is 0 Å². The summed E-state index contributed by atoms with van der Waals surface area (Å²) in [6.07, 6.45) is 1.32. The Balaban J connectivity index is 1.39. The van der Waals surface area contributed by atoms with E-state index < -0.39 is 11.7 Å². The number of nitrogens with zero attached hydrogens (tertiary/aromatic N) is 4. The number of amides is 1. The van der Waals surface area contributed by atoms with Gasteiger partial charge in [0.05, 0.1) is 23.5 Å². The first-order valence-corrected chi connectivity index (χ1v) is 10.9. The minimum atomic E-state index is -4.51. The van der Waals surface area contributed by atoms with Crippen molar-refractivity contribution in [3.8, 4) is 5.69 Å². The van der Waals surface area contributed by atoms with Gasteiger partial charge in [-0.2, -0.15) is 18.3 Å². The van der Waals surface area contributed by atoms with Crippen LogP contribution in [0.3, 0.4) is 0 Å². The van der Waals surface area contributed by atoms with E-state index in [4.69, 9.17) is 0 Å². The number of alkyl halides is 3. The molecule has 10 heteroatoms. The quantitative estimate of drug-likeness (QED) is 0.634. The summed E-state index contributed by atoms with van der Waals surface area (Å²) in [4.78, 5) is 20.3. The van der Waals surface area contributed by atoms with Crippen LogP contribution in [0.2, 0.25) is 0 Å². The molecular formula is C21H20F3N5OS. The van der Waals surface area contributed by atoms with Gasteiger partial charge in [0.1, 0.15) is 12.7 Å². The third-order valence-electron chi connectivity index (χ3n) is 5.80. The van der Waals surface area contributed by atoms with Crippen molar-refractivity contribution < 1.29 is 18.0 Å². The van der Waals surface area contributed by atoms with Crippen molar-refractivity contribution in [2.75, 3.05) is 18.4 Å². The van der Waals surface area contributed by atoms with Crippen LogP contribution < -0.4 is 5.32 Å². The number of carbonyl (C=O) groups is 1. The molecule has 3 heterocycles. The van der Waals surface area contributed by atoms with E-state index in [1.54, 1.807) is 11.3 Å². The second-order valence-electron chi connectivity index (χ2n) is 7.92. The van der Waals surface area contributed by atoms with Crippen LogP contribution in [0.15, 0.2) is 42.3 Å². The number of nitrogens with one attached hydrogen (secondary N) is 1. The lowest BCUT2D eigenvalue weighted by atomic mass is 9.96. The highest BCUT2D eigenvalue weighted by molar-refractivity contribution is 7.10. The first-order chi connectivity index (χ1) is 14.9. The Kier molecular flexibility index (Phi) is 5.05. The van der Waals surface area contributed by atoms with Gasteiger partial charge in [0.25, 0.3) is 0 Å². The summed E-state index contributed by atoms with van der Waals surface area (Å²) in [6.45, 7) is 0.893. The van der Waals surface area contributed by atoms with Gasteiger partial charge in [0.15, 0.2) is 0 Å². The SMILES string of the molecule is O=C(CN1CCc2sccc2[C@H]1C1CC1)Nc1cc(C(F)(F)F)ccc1-n1cncn1. The Labute approximate surface area is 180 Å². The molecule has 5 rings (SSSR count). The summed E-state index contributed by atoms with van der Waals surface area (Å²) in [5.74, 6) is 0.200. The highest BCUT2D eigenvalue weighted by Gasteiger charge is 2.40. The normalized spacial score (nSPS) is 19.3. The standard InChI is InChI=1S/C21H20F3N5OS/c22-21(23,24)14-3-4-17(29-12-25-11-26-29)16(9-14)27-19(30)10-28-7-5-18-15(6-8-31-18)20(28)13-1-2-13/h3-4,6,8-9,11-13,20H,1-2,5,7,10H2,(H,27,30)/t20-/m1/s1.